The van der Waals surface area contributed by atoms with Gasteiger partial charge in [0, 0.05) is 62.0 Å². The third-order valence-electron chi connectivity index (χ3n) is 9.07. The number of hydrogen-bond donors (Lipinski definition) is 2. The molecule has 1 spiro atoms. The molecule has 1 saturated carbocycles. The van der Waals surface area contributed by atoms with Crippen molar-refractivity contribution in [1.29, 1.82) is 0 Å². The van der Waals surface area contributed by atoms with Gasteiger partial charge in [0.25, 0.3) is 5.91 Å². The van der Waals surface area contributed by atoms with Crippen molar-refractivity contribution in [3.8, 4) is 0 Å². The van der Waals surface area contributed by atoms with Crippen LogP contribution in [-0.2, 0) is 22.6 Å². The van der Waals surface area contributed by atoms with Gasteiger partial charge in [-0.3, -0.25) is 4.79 Å². The van der Waals surface area contributed by atoms with Crippen LogP contribution in [0.15, 0.2) is 65.6 Å². The molecule has 2 atom stereocenters. The summed E-state index contributed by atoms with van der Waals surface area (Å²) in [5.74, 6) is -0.263. The van der Waals surface area contributed by atoms with Crippen LogP contribution in [0.3, 0.4) is 0 Å². The van der Waals surface area contributed by atoms with Crippen LogP contribution < -0.4 is 16.0 Å². The number of nitrogens with two attached hydrogens (primary N) is 1. The lowest BCUT2D eigenvalue weighted by Gasteiger charge is -2.35. The van der Waals surface area contributed by atoms with Gasteiger partial charge in [-0.15, -0.1) is 0 Å². The number of nitrogens with one attached hydrogen (secondary N) is 1. The average molecular weight is 663 g/mol. The molecular formula is C31H34ClF3N6O3S. The maximum atomic E-state index is 13.3. The first kappa shape index (κ1) is 31.7. The Morgan fingerprint density at radius 1 is 1.02 bits per heavy atom. The molecule has 2 saturated heterocycles. The van der Waals surface area contributed by atoms with E-state index in [1.54, 1.807) is 17.0 Å². The number of sulfonamides is 1. The van der Waals surface area contributed by atoms with Gasteiger partial charge in [0.2, 0.25) is 10.0 Å². The number of amides is 1. The Labute approximate surface area is 265 Å². The number of anilines is 2. The molecule has 3 N–H and O–H groups in total. The van der Waals surface area contributed by atoms with Gasteiger partial charge in [-0.2, -0.15) is 17.5 Å². The lowest BCUT2D eigenvalue weighted by atomic mass is 10.1. The molecule has 240 valence electrons. The van der Waals surface area contributed by atoms with E-state index < -0.39 is 21.8 Å². The number of benzene rings is 2. The third kappa shape index (κ3) is 6.97. The van der Waals surface area contributed by atoms with Crippen molar-refractivity contribution >= 4 is 39.0 Å². The summed E-state index contributed by atoms with van der Waals surface area (Å²) in [5, 5.41) is 2.52. The molecule has 6 rings (SSSR count). The largest absolute Gasteiger partial charge is 0.416 e. The number of halogens is 4. The maximum Gasteiger partial charge on any atom is 0.416 e. The second-order valence-electron chi connectivity index (χ2n) is 12.1. The van der Waals surface area contributed by atoms with Gasteiger partial charge in [-0.1, -0.05) is 23.7 Å². The highest BCUT2D eigenvalue weighted by molar-refractivity contribution is 7.89. The van der Waals surface area contributed by atoms with Crippen LogP contribution in [0.2, 0.25) is 5.15 Å². The summed E-state index contributed by atoms with van der Waals surface area (Å²) in [4.78, 5) is 20.9. The van der Waals surface area contributed by atoms with Gasteiger partial charge in [0.1, 0.15) is 11.0 Å². The number of likely N-dealkylation sites (tertiary alicyclic amines) is 1. The molecule has 3 heterocycles. The molecule has 3 fully saturated rings. The molecule has 3 aliphatic rings. The Morgan fingerprint density at radius 3 is 2.29 bits per heavy atom. The Hall–Kier alpha value is -3.23. The fourth-order valence-corrected chi connectivity index (χ4v) is 7.79. The molecule has 45 heavy (non-hydrogen) atoms. The fourth-order valence-electron chi connectivity index (χ4n) is 6.16. The predicted molar refractivity (Wildman–Crippen MR) is 166 cm³/mol. The molecule has 1 aromatic heterocycles. The summed E-state index contributed by atoms with van der Waals surface area (Å²) in [6.45, 7) is 3.52. The van der Waals surface area contributed by atoms with Gasteiger partial charge in [0.15, 0.2) is 0 Å². The monoisotopic (exact) mass is 662 g/mol. The van der Waals surface area contributed by atoms with Crippen molar-refractivity contribution < 1.29 is 26.4 Å². The van der Waals surface area contributed by atoms with E-state index in [2.05, 4.69) is 15.2 Å². The van der Waals surface area contributed by atoms with E-state index in [4.69, 9.17) is 17.3 Å². The van der Waals surface area contributed by atoms with E-state index in [9.17, 15) is 26.4 Å². The van der Waals surface area contributed by atoms with Gasteiger partial charge < -0.3 is 20.9 Å². The third-order valence-corrected chi connectivity index (χ3v) is 11.2. The molecule has 0 radical (unpaired) electrons. The molecular weight excluding hydrogens is 629 g/mol. The highest BCUT2D eigenvalue weighted by Gasteiger charge is 2.55. The number of hydrogen-bond acceptors (Lipinski definition) is 7. The first-order valence-corrected chi connectivity index (χ1v) is 16.6. The first-order valence-electron chi connectivity index (χ1n) is 14.8. The van der Waals surface area contributed by atoms with Gasteiger partial charge in [-0.05, 0) is 79.9 Å². The van der Waals surface area contributed by atoms with E-state index >= 15 is 0 Å². The number of nitrogens with zero attached hydrogens (tertiary/aromatic N) is 4. The summed E-state index contributed by atoms with van der Waals surface area (Å²) in [6.07, 6.45) is -1.37. The van der Waals surface area contributed by atoms with Gasteiger partial charge in [-0.25, -0.2) is 13.4 Å². The normalized spacial score (nSPS) is 22.6. The zero-order valence-corrected chi connectivity index (χ0v) is 26.0. The highest BCUT2D eigenvalue weighted by atomic mass is 35.5. The number of piperazine rings is 1. The average Bonchev–Trinajstić information content (AvgIpc) is 3.45. The Morgan fingerprint density at radius 2 is 1.69 bits per heavy atom. The minimum absolute atomic E-state index is 0.0423. The van der Waals surface area contributed by atoms with Crippen LogP contribution in [0.5, 0.6) is 0 Å². The molecule has 9 nitrogen and oxygen atoms in total. The zero-order valence-electron chi connectivity index (χ0n) is 24.4. The van der Waals surface area contributed by atoms with Gasteiger partial charge in [0.05, 0.1) is 10.5 Å². The van der Waals surface area contributed by atoms with Crippen molar-refractivity contribution in [3.63, 3.8) is 0 Å². The number of rotatable bonds is 8. The topological polar surface area (TPSA) is 112 Å². The van der Waals surface area contributed by atoms with Crippen LogP contribution in [0.25, 0.3) is 0 Å². The second-order valence-corrected chi connectivity index (χ2v) is 14.4. The van der Waals surface area contributed by atoms with Crippen LogP contribution in [0.1, 0.15) is 34.3 Å². The Kier molecular flexibility index (Phi) is 8.59. The quantitative estimate of drug-likeness (QED) is 0.342. The van der Waals surface area contributed by atoms with E-state index in [1.807, 2.05) is 12.1 Å². The van der Waals surface area contributed by atoms with Crippen molar-refractivity contribution in [2.75, 3.05) is 56.0 Å². The summed E-state index contributed by atoms with van der Waals surface area (Å²) in [5.41, 5.74) is 7.63. The minimum Gasteiger partial charge on any atom is -0.354 e. The first-order chi connectivity index (χ1) is 21.3. The molecule has 3 aromatic rings. The Balaban J connectivity index is 1.01. The molecule has 1 amide bonds. The van der Waals surface area contributed by atoms with Crippen molar-refractivity contribution in [1.82, 2.24) is 14.2 Å². The molecule has 2 unspecified atom stereocenters. The van der Waals surface area contributed by atoms with E-state index in [1.165, 1.54) is 35.0 Å². The summed E-state index contributed by atoms with van der Waals surface area (Å²) in [6, 6.07) is 15.4. The molecule has 0 bridgehead atoms. The van der Waals surface area contributed by atoms with Gasteiger partial charge >= 0.3 is 6.18 Å². The molecule has 1 aliphatic carbocycles. The van der Waals surface area contributed by atoms with Crippen molar-refractivity contribution in [2.24, 2.45) is 11.1 Å². The maximum absolute atomic E-state index is 13.3. The summed E-state index contributed by atoms with van der Waals surface area (Å²) in [7, 11) is -3.87. The number of pyridine rings is 1. The van der Waals surface area contributed by atoms with Crippen LogP contribution >= 0.6 is 11.6 Å². The summed E-state index contributed by atoms with van der Waals surface area (Å²) >= 11 is 5.81. The highest BCUT2D eigenvalue weighted by Crippen LogP contribution is 2.51. The van der Waals surface area contributed by atoms with E-state index in [0.29, 0.717) is 22.7 Å². The zero-order chi connectivity index (χ0) is 32.0. The fraction of sp³-hybridized carbons (Fsp3) is 0.419. The molecule has 2 aliphatic heterocycles. The molecule has 2 aromatic carbocycles. The number of aromatic nitrogens is 1. The lowest BCUT2D eigenvalue weighted by Crippen LogP contribution is -2.49. The van der Waals surface area contributed by atoms with Crippen LogP contribution in [0, 0.1) is 5.41 Å². The number of carbonyl (C=O) groups is 1. The predicted octanol–water partition coefficient (Wildman–Crippen LogP) is 4.48. The van der Waals surface area contributed by atoms with E-state index in [0.717, 1.165) is 50.2 Å². The standard InChI is InChI=1S/C31H34ClF3N6O3S/c32-27-17-23(31(33,34)35)18-28(38-27)40-13-15-41(16-14-40)45(43,44)25-7-5-24(6-8-25)37-29(42)22-3-1-21(2-4-22)9-11-39-12-10-30(20-39)19-26(30)36/h1-8,17-18,26H,9-16,19-20,36H2,(H,37,42). The van der Waals surface area contributed by atoms with Crippen LogP contribution in [0.4, 0.5) is 24.7 Å². The molecule has 14 heteroatoms. The lowest BCUT2D eigenvalue weighted by molar-refractivity contribution is -0.137. The van der Waals surface area contributed by atoms with E-state index in [-0.39, 0.29) is 48.0 Å². The Bertz CT molecular complexity index is 1670. The number of alkyl halides is 3. The smallest absolute Gasteiger partial charge is 0.354 e. The minimum atomic E-state index is -4.58. The summed E-state index contributed by atoms with van der Waals surface area (Å²) < 4.78 is 67.4. The van der Waals surface area contributed by atoms with Crippen molar-refractivity contribution in [2.45, 2.75) is 36.4 Å². The van der Waals surface area contributed by atoms with Crippen molar-refractivity contribution in [3.05, 3.63) is 82.5 Å². The number of carbonyl (C=O) groups excluding carboxylic acids is 1. The van der Waals surface area contributed by atoms with Crippen LogP contribution in [-0.4, -0.2) is 80.4 Å². The second kappa shape index (κ2) is 12.2. The SMILES string of the molecule is NC1CC12CCN(CCc1ccc(C(=O)Nc3ccc(S(=O)(=O)N4CCN(c5cc(C(F)(F)F)cc(Cl)n5)CC4)cc3)cc1)C2.